The zero-order chi connectivity index (χ0) is 29.4. The van der Waals surface area contributed by atoms with E-state index in [0.29, 0.717) is 5.02 Å². The molecule has 7 nitrogen and oxygen atoms in total. The number of carbonyl (C=O) groups is 2. The molecule has 0 spiro atoms. The first-order chi connectivity index (χ1) is 19.7. The molecule has 4 aromatic carbocycles. The normalized spacial score (nSPS) is 11.9. The van der Waals surface area contributed by atoms with E-state index in [4.69, 9.17) is 11.6 Å². The zero-order valence-corrected chi connectivity index (χ0v) is 24.5. The van der Waals surface area contributed by atoms with E-state index in [1.165, 1.54) is 30.1 Å². The summed E-state index contributed by atoms with van der Waals surface area (Å²) in [6, 6.07) is 30.6. The Morgan fingerprint density at radius 1 is 0.829 bits per heavy atom. The van der Waals surface area contributed by atoms with Crippen molar-refractivity contribution in [3.63, 3.8) is 0 Å². The molecule has 0 aliphatic rings. The average Bonchev–Trinajstić information content (AvgIpc) is 3.00. The molecule has 0 saturated heterocycles. The topological polar surface area (TPSA) is 86.8 Å². The Kier molecular flexibility index (Phi) is 9.81. The van der Waals surface area contributed by atoms with Gasteiger partial charge in [0.2, 0.25) is 11.8 Å². The van der Waals surface area contributed by atoms with Crippen molar-refractivity contribution < 1.29 is 18.0 Å². The number of sulfonamides is 1. The molecule has 212 valence electrons. The van der Waals surface area contributed by atoms with Gasteiger partial charge in [-0.2, -0.15) is 0 Å². The van der Waals surface area contributed by atoms with Gasteiger partial charge in [-0.3, -0.25) is 13.9 Å². The van der Waals surface area contributed by atoms with E-state index in [-0.39, 0.29) is 29.5 Å². The molecule has 0 radical (unpaired) electrons. The first-order valence-electron chi connectivity index (χ1n) is 13.1. The smallest absolute Gasteiger partial charge is 0.264 e. The van der Waals surface area contributed by atoms with Crippen LogP contribution in [-0.2, 0) is 32.6 Å². The minimum atomic E-state index is -4.17. The molecule has 0 aromatic heterocycles. The van der Waals surface area contributed by atoms with E-state index in [0.717, 1.165) is 21.0 Å². The molecule has 9 heteroatoms. The van der Waals surface area contributed by atoms with Gasteiger partial charge in [0.05, 0.1) is 10.6 Å². The average molecular weight is 590 g/mol. The van der Waals surface area contributed by atoms with Gasteiger partial charge in [0, 0.05) is 25.0 Å². The summed E-state index contributed by atoms with van der Waals surface area (Å²) in [5, 5.41) is 3.05. The summed E-state index contributed by atoms with van der Waals surface area (Å²) in [5.41, 5.74) is 2.69. The molecule has 4 rings (SSSR count). The highest BCUT2D eigenvalue weighted by Gasteiger charge is 2.34. The molecule has 1 N–H and O–H groups in total. The summed E-state index contributed by atoms with van der Waals surface area (Å²) in [5.74, 6) is -0.886. The van der Waals surface area contributed by atoms with Gasteiger partial charge < -0.3 is 10.2 Å². The Morgan fingerprint density at radius 3 is 1.95 bits per heavy atom. The quantitative estimate of drug-likeness (QED) is 0.260. The van der Waals surface area contributed by atoms with Crippen LogP contribution in [0.4, 0.5) is 5.69 Å². The summed E-state index contributed by atoms with van der Waals surface area (Å²) in [4.78, 5) is 29.0. The lowest BCUT2D eigenvalue weighted by Gasteiger charge is -2.33. The van der Waals surface area contributed by atoms with Crippen LogP contribution in [-0.4, -0.2) is 44.8 Å². The van der Waals surface area contributed by atoms with E-state index < -0.39 is 28.5 Å². The lowest BCUT2D eigenvalue weighted by molar-refractivity contribution is -0.139. The van der Waals surface area contributed by atoms with Crippen molar-refractivity contribution in [1.82, 2.24) is 10.2 Å². The summed E-state index contributed by atoms with van der Waals surface area (Å²) >= 11 is 6.39. The SMILES string of the molecule is CNC(=O)C(Cc1ccccc1)N(Cc1ccccc1)C(=O)CN(c1ccc(C)c(Cl)c1)S(=O)(=O)c1ccccc1. The maximum atomic E-state index is 14.2. The second-order valence-corrected chi connectivity index (χ2v) is 11.9. The lowest BCUT2D eigenvalue weighted by Crippen LogP contribution is -2.53. The molecular formula is C32H32ClN3O4S. The Bertz CT molecular complexity index is 1580. The van der Waals surface area contributed by atoms with Crippen LogP contribution in [0.5, 0.6) is 0 Å². The van der Waals surface area contributed by atoms with Gasteiger partial charge >= 0.3 is 0 Å². The minimum Gasteiger partial charge on any atom is -0.357 e. The van der Waals surface area contributed by atoms with Crippen molar-refractivity contribution in [3.05, 3.63) is 131 Å². The van der Waals surface area contributed by atoms with Gasteiger partial charge in [-0.25, -0.2) is 8.42 Å². The van der Waals surface area contributed by atoms with Crippen LogP contribution in [0.3, 0.4) is 0 Å². The zero-order valence-electron chi connectivity index (χ0n) is 22.9. The molecule has 4 aromatic rings. The monoisotopic (exact) mass is 589 g/mol. The van der Waals surface area contributed by atoms with E-state index >= 15 is 0 Å². The fourth-order valence-electron chi connectivity index (χ4n) is 4.49. The first-order valence-corrected chi connectivity index (χ1v) is 15.0. The first kappa shape index (κ1) is 29.8. The van der Waals surface area contributed by atoms with Crippen LogP contribution in [0, 0.1) is 6.92 Å². The number of amides is 2. The van der Waals surface area contributed by atoms with Gasteiger partial charge in [-0.05, 0) is 47.9 Å². The molecule has 41 heavy (non-hydrogen) atoms. The summed E-state index contributed by atoms with van der Waals surface area (Å²) in [6.45, 7) is 1.39. The van der Waals surface area contributed by atoms with E-state index in [1.807, 2.05) is 67.6 Å². The van der Waals surface area contributed by atoms with Crippen molar-refractivity contribution in [1.29, 1.82) is 0 Å². The number of benzene rings is 4. The standard InChI is InChI=1S/C32H32ClN3O4S/c1-24-18-19-27(21-29(24)33)36(41(39,40)28-16-10-5-11-17-28)23-31(37)35(22-26-14-8-4-9-15-26)30(32(38)34-2)20-25-12-6-3-7-13-25/h3-19,21,30H,20,22-23H2,1-2H3,(H,34,38). The third-order valence-corrected chi connectivity index (χ3v) is 8.96. The largest absolute Gasteiger partial charge is 0.357 e. The molecule has 1 unspecified atom stereocenters. The number of nitrogens with zero attached hydrogens (tertiary/aromatic N) is 2. The van der Waals surface area contributed by atoms with Crippen LogP contribution in [0.15, 0.2) is 114 Å². The van der Waals surface area contributed by atoms with Crippen molar-refractivity contribution in [2.75, 3.05) is 17.9 Å². The molecular weight excluding hydrogens is 558 g/mol. The highest BCUT2D eigenvalue weighted by Crippen LogP contribution is 2.28. The number of halogens is 1. The van der Waals surface area contributed by atoms with Gasteiger partial charge in [-0.1, -0.05) is 96.5 Å². The fraction of sp³-hybridized carbons (Fsp3) is 0.188. The molecule has 1 atom stereocenters. The highest BCUT2D eigenvalue weighted by atomic mass is 35.5. The minimum absolute atomic E-state index is 0.0336. The van der Waals surface area contributed by atoms with Crippen LogP contribution in [0.25, 0.3) is 0 Å². The number of carbonyl (C=O) groups excluding carboxylic acids is 2. The number of hydrogen-bond donors (Lipinski definition) is 1. The predicted molar refractivity (Wildman–Crippen MR) is 162 cm³/mol. The third-order valence-electron chi connectivity index (χ3n) is 6.77. The predicted octanol–water partition coefficient (Wildman–Crippen LogP) is 5.23. The molecule has 0 fully saturated rings. The maximum absolute atomic E-state index is 14.2. The van der Waals surface area contributed by atoms with Crippen molar-refractivity contribution >= 4 is 39.1 Å². The summed E-state index contributed by atoms with van der Waals surface area (Å²) in [6.07, 6.45) is 0.251. The van der Waals surface area contributed by atoms with Gasteiger partial charge in [-0.15, -0.1) is 0 Å². The molecule has 0 bridgehead atoms. The van der Waals surface area contributed by atoms with Crippen molar-refractivity contribution in [2.24, 2.45) is 0 Å². The van der Waals surface area contributed by atoms with Gasteiger partial charge in [0.25, 0.3) is 10.0 Å². The van der Waals surface area contributed by atoms with Crippen LogP contribution < -0.4 is 9.62 Å². The number of nitrogens with one attached hydrogen (secondary N) is 1. The molecule has 2 amide bonds. The van der Waals surface area contributed by atoms with E-state index in [1.54, 1.807) is 30.3 Å². The lowest BCUT2D eigenvalue weighted by atomic mass is 10.0. The third kappa shape index (κ3) is 7.34. The van der Waals surface area contributed by atoms with Crippen LogP contribution in [0.1, 0.15) is 16.7 Å². The Labute approximate surface area is 246 Å². The Hall–Kier alpha value is -4.14. The molecule has 0 saturated carbocycles. The van der Waals surface area contributed by atoms with Gasteiger partial charge in [0.1, 0.15) is 12.6 Å². The fourth-order valence-corrected chi connectivity index (χ4v) is 6.09. The summed E-state index contributed by atoms with van der Waals surface area (Å²) in [7, 11) is -2.65. The number of likely N-dealkylation sites (N-methyl/N-ethyl adjacent to an activating group) is 1. The van der Waals surface area contributed by atoms with Crippen molar-refractivity contribution in [2.45, 2.75) is 30.8 Å². The maximum Gasteiger partial charge on any atom is 0.264 e. The van der Waals surface area contributed by atoms with Crippen LogP contribution in [0.2, 0.25) is 5.02 Å². The molecule has 0 aliphatic heterocycles. The number of rotatable bonds is 11. The molecule has 0 heterocycles. The van der Waals surface area contributed by atoms with Crippen LogP contribution >= 0.6 is 11.6 Å². The number of anilines is 1. The van der Waals surface area contributed by atoms with E-state index in [2.05, 4.69) is 5.32 Å². The van der Waals surface area contributed by atoms with Crippen molar-refractivity contribution in [3.8, 4) is 0 Å². The summed E-state index contributed by atoms with van der Waals surface area (Å²) < 4.78 is 28.9. The molecule has 0 aliphatic carbocycles. The Balaban J connectivity index is 1.78. The van der Waals surface area contributed by atoms with E-state index in [9.17, 15) is 18.0 Å². The van der Waals surface area contributed by atoms with Gasteiger partial charge in [0.15, 0.2) is 0 Å². The Morgan fingerprint density at radius 2 is 1.39 bits per heavy atom. The number of hydrogen-bond acceptors (Lipinski definition) is 4. The second kappa shape index (κ2) is 13.5. The highest BCUT2D eigenvalue weighted by molar-refractivity contribution is 7.92. The number of aryl methyl sites for hydroxylation is 1. The second-order valence-electron chi connectivity index (χ2n) is 9.59.